The molecule has 3 aromatic carbocycles. The second kappa shape index (κ2) is 24.6. The molecule has 0 spiro atoms. The number of hydrogen-bond donors (Lipinski definition) is 10. The van der Waals surface area contributed by atoms with Crippen molar-refractivity contribution in [2.75, 3.05) is 26.2 Å². The Morgan fingerprint density at radius 2 is 0.971 bits per heavy atom. The first-order valence-electron chi connectivity index (χ1n) is 23.5. The number of hydrogen-bond acceptors (Lipinski definition) is 10. The van der Waals surface area contributed by atoms with Gasteiger partial charge in [-0.25, -0.2) is 0 Å². The van der Waals surface area contributed by atoms with Crippen LogP contribution in [0.25, 0.3) is 0 Å². The van der Waals surface area contributed by atoms with Gasteiger partial charge in [0.15, 0.2) is 5.96 Å². The van der Waals surface area contributed by atoms with Crippen molar-refractivity contribution < 1.29 is 38.4 Å². The Labute approximate surface area is 401 Å². The number of amides is 8. The van der Waals surface area contributed by atoms with Crippen molar-refractivity contribution in [1.82, 2.24) is 47.0 Å². The van der Waals surface area contributed by atoms with Gasteiger partial charge in [0.05, 0.1) is 0 Å². The molecule has 20 heteroatoms. The zero-order chi connectivity index (χ0) is 49.5. The number of carbonyl (C=O) groups is 8. The normalized spacial score (nSPS) is 25.7. The molecule has 0 aromatic heterocycles. The Kier molecular flexibility index (Phi) is 18.2. The van der Waals surface area contributed by atoms with E-state index in [1.54, 1.807) is 84.9 Å². The Morgan fingerprint density at radius 3 is 1.48 bits per heavy atom. The van der Waals surface area contributed by atoms with Gasteiger partial charge in [0.1, 0.15) is 48.3 Å². The van der Waals surface area contributed by atoms with Gasteiger partial charge in [0.25, 0.3) is 0 Å². The number of guanidine groups is 1. The van der Waals surface area contributed by atoms with Crippen LogP contribution in [0.15, 0.2) is 91.0 Å². The number of nitrogens with two attached hydrogens (primary N) is 2. The molecule has 0 aliphatic carbocycles. The lowest BCUT2D eigenvalue weighted by Crippen LogP contribution is -2.62. The fraction of sp³-hybridized carbons (Fsp3) is 0.449. The van der Waals surface area contributed by atoms with E-state index in [0.717, 1.165) is 5.56 Å². The lowest BCUT2D eigenvalue weighted by atomic mass is 10.0. The van der Waals surface area contributed by atoms with Crippen LogP contribution in [0.4, 0.5) is 0 Å². The highest BCUT2D eigenvalue weighted by Gasteiger charge is 2.44. The minimum atomic E-state index is -1.37. The first-order chi connectivity index (χ1) is 33.2. The minimum absolute atomic E-state index is 0.0217. The Bertz CT molecular complexity index is 2300. The van der Waals surface area contributed by atoms with Crippen LogP contribution in [-0.2, 0) is 57.6 Å². The smallest absolute Gasteiger partial charge is 0.246 e. The van der Waals surface area contributed by atoms with Gasteiger partial charge in [-0.15, -0.1) is 0 Å². The van der Waals surface area contributed by atoms with Gasteiger partial charge in [-0.2, -0.15) is 0 Å². The molecule has 3 saturated heterocycles. The van der Waals surface area contributed by atoms with Crippen LogP contribution in [0.5, 0.6) is 0 Å². The molecule has 368 valence electrons. The standard InChI is InChI=1S/C49H64N12O8/c1-30-41(62)58-37(28-33-18-9-4-10-19-33)47(68)61-25-13-22-40(61)48(69)60-24-12-21-39(60)46(67)55-34(20-11-23-53-49(51)52)42(63)56-35(26-31-14-5-2-6-15-31)43(64)57-36(27-32-16-7-3-8-17-32)44(65)59-38(29-50)45(66)54-30/h2-10,14-19,30,34-40H,11-13,20-29,50H2,1H3,(H,54,66)(H,55,67)(H,56,63)(H,57,64)(H,58,62)(H,59,65)(H4,51,52,53)/t30-,34-,35+,36+,37-,38-,39-,40+/m0/s1. The summed E-state index contributed by atoms with van der Waals surface area (Å²) in [4.78, 5) is 117. The van der Waals surface area contributed by atoms with E-state index >= 15 is 0 Å². The highest BCUT2D eigenvalue weighted by Crippen LogP contribution is 2.26. The third-order valence-corrected chi connectivity index (χ3v) is 12.6. The molecule has 0 unspecified atom stereocenters. The molecule has 12 N–H and O–H groups in total. The number of carbonyl (C=O) groups excluding carboxylic acids is 8. The van der Waals surface area contributed by atoms with E-state index in [0.29, 0.717) is 30.4 Å². The van der Waals surface area contributed by atoms with Crippen molar-refractivity contribution in [3.05, 3.63) is 108 Å². The molecule has 8 amide bonds. The highest BCUT2D eigenvalue weighted by atomic mass is 16.2. The molecule has 69 heavy (non-hydrogen) atoms. The third kappa shape index (κ3) is 14.1. The zero-order valence-corrected chi connectivity index (χ0v) is 38.8. The summed E-state index contributed by atoms with van der Waals surface area (Å²) in [6.07, 6.45) is 1.86. The van der Waals surface area contributed by atoms with Gasteiger partial charge in [0, 0.05) is 45.4 Å². The Morgan fingerprint density at radius 1 is 0.551 bits per heavy atom. The topological polar surface area (TPSA) is 303 Å². The van der Waals surface area contributed by atoms with E-state index in [1.807, 2.05) is 6.07 Å². The summed E-state index contributed by atoms with van der Waals surface area (Å²) in [5.74, 6) is -5.59. The first kappa shape index (κ1) is 51.0. The van der Waals surface area contributed by atoms with Gasteiger partial charge < -0.3 is 58.5 Å². The van der Waals surface area contributed by atoms with Crippen molar-refractivity contribution >= 4 is 53.2 Å². The van der Waals surface area contributed by atoms with Crippen molar-refractivity contribution in [3.8, 4) is 0 Å². The van der Waals surface area contributed by atoms with E-state index in [2.05, 4.69) is 37.2 Å². The predicted molar refractivity (Wildman–Crippen MR) is 255 cm³/mol. The molecule has 0 radical (unpaired) electrons. The maximum atomic E-state index is 14.6. The van der Waals surface area contributed by atoms with Crippen LogP contribution in [0.2, 0.25) is 0 Å². The number of nitrogens with zero attached hydrogens (tertiary/aromatic N) is 2. The molecule has 0 saturated carbocycles. The van der Waals surface area contributed by atoms with Crippen LogP contribution in [0, 0.1) is 5.41 Å². The fourth-order valence-electron chi connectivity index (χ4n) is 8.94. The van der Waals surface area contributed by atoms with Crippen LogP contribution < -0.4 is 48.7 Å². The molecule has 3 aliphatic heterocycles. The van der Waals surface area contributed by atoms with E-state index in [-0.39, 0.29) is 64.1 Å². The van der Waals surface area contributed by atoms with Gasteiger partial charge in [0.2, 0.25) is 47.3 Å². The number of nitrogens with one attached hydrogen (secondary N) is 8. The second-order valence-corrected chi connectivity index (χ2v) is 17.7. The molecule has 3 aliphatic rings. The van der Waals surface area contributed by atoms with E-state index in [9.17, 15) is 38.4 Å². The summed E-state index contributed by atoms with van der Waals surface area (Å²) in [6.45, 7) is 1.65. The minimum Gasteiger partial charge on any atom is -0.370 e. The average Bonchev–Trinajstić information content (AvgIpc) is 4.05. The molecule has 20 nitrogen and oxygen atoms in total. The van der Waals surface area contributed by atoms with E-state index < -0.39 is 102 Å². The predicted octanol–water partition coefficient (Wildman–Crippen LogP) is -1.14. The Hall–Kier alpha value is -7.35. The van der Waals surface area contributed by atoms with Crippen LogP contribution in [0.3, 0.4) is 0 Å². The molecule has 3 heterocycles. The SMILES string of the molecule is C[C@@H]1NC(=O)[C@H](CN)NC(=O)[C@@H](Cc2ccccc2)NC(=O)[C@@H](Cc2ccccc2)NC(=O)[C@H](CCCNC(=N)N)NC(=O)[C@@H]2CCCN2C(=O)[C@H]2CCCN2C(=O)[C@H](Cc2ccccc2)NC1=O. The lowest BCUT2D eigenvalue weighted by Gasteiger charge is -2.34. The average molecular weight is 949 g/mol. The largest absolute Gasteiger partial charge is 0.370 e. The van der Waals surface area contributed by atoms with E-state index in [4.69, 9.17) is 16.9 Å². The second-order valence-electron chi connectivity index (χ2n) is 17.7. The zero-order valence-electron chi connectivity index (χ0n) is 38.8. The molecule has 3 aromatic rings. The summed E-state index contributed by atoms with van der Waals surface area (Å²) >= 11 is 0. The quantitative estimate of drug-likeness (QED) is 0.0623. The number of rotatable bonds is 11. The summed E-state index contributed by atoms with van der Waals surface area (Å²) in [7, 11) is 0. The summed E-state index contributed by atoms with van der Waals surface area (Å²) in [5, 5.41) is 26.7. The van der Waals surface area contributed by atoms with Crippen molar-refractivity contribution in [1.29, 1.82) is 5.41 Å². The van der Waals surface area contributed by atoms with Gasteiger partial charge in [-0.05, 0) is 62.1 Å². The Balaban J connectivity index is 1.37. The number of benzene rings is 3. The lowest BCUT2D eigenvalue weighted by molar-refractivity contribution is -0.148. The third-order valence-electron chi connectivity index (χ3n) is 12.6. The van der Waals surface area contributed by atoms with Crippen molar-refractivity contribution in [3.63, 3.8) is 0 Å². The monoisotopic (exact) mass is 948 g/mol. The highest BCUT2D eigenvalue weighted by molar-refractivity contribution is 5.99. The van der Waals surface area contributed by atoms with E-state index in [1.165, 1.54) is 16.7 Å². The molecular formula is C49H64N12O8. The van der Waals surface area contributed by atoms with Crippen molar-refractivity contribution in [2.45, 2.75) is 113 Å². The number of fused-ring (bicyclic) bond motifs is 2. The summed E-state index contributed by atoms with van der Waals surface area (Å²) in [5.41, 5.74) is 13.6. The van der Waals surface area contributed by atoms with Crippen LogP contribution in [0.1, 0.15) is 62.1 Å². The maximum Gasteiger partial charge on any atom is 0.246 e. The molecule has 0 bridgehead atoms. The van der Waals surface area contributed by atoms with Crippen LogP contribution in [-0.4, -0.2) is 138 Å². The summed E-state index contributed by atoms with van der Waals surface area (Å²) in [6, 6.07) is 17.2. The molecule has 3 fully saturated rings. The maximum absolute atomic E-state index is 14.6. The molecule has 8 atom stereocenters. The molecule has 6 rings (SSSR count). The van der Waals surface area contributed by atoms with Gasteiger partial charge >= 0.3 is 0 Å². The fourth-order valence-corrected chi connectivity index (χ4v) is 8.94. The first-order valence-corrected chi connectivity index (χ1v) is 23.5. The van der Waals surface area contributed by atoms with Gasteiger partial charge in [-0.3, -0.25) is 43.8 Å². The van der Waals surface area contributed by atoms with Crippen LogP contribution >= 0.6 is 0 Å². The van der Waals surface area contributed by atoms with Gasteiger partial charge in [-0.1, -0.05) is 91.0 Å². The van der Waals surface area contributed by atoms with Crippen molar-refractivity contribution in [2.24, 2.45) is 11.5 Å². The molecular weight excluding hydrogens is 885 g/mol. The summed E-state index contributed by atoms with van der Waals surface area (Å²) < 4.78 is 0.